The lowest BCUT2D eigenvalue weighted by Gasteiger charge is -2.08. The Hall–Kier alpha value is -3.66. The second-order valence-corrected chi connectivity index (χ2v) is 7.67. The van der Waals surface area contributed by atoms with Crippen LogP contribution in [0, 0.1) is 13.8 Å². The number of nitrogens with one attached hydrogen (secondary N) is 1. The topological polar surface area (TPSA) is 85.0 Å². The summed E-state index contributed by atoms with van der Waals surface area (Å²) in [4.78, 5) is 12.5. The van der Waals surface area contributed by atoms with Crippen molar-refractivity contribution in [1.82, 2.24) is 24.9 Å². The molecule has 33 heavy (non-hydrogen) atoms. The average Bonchev–Trinajstić information content (AvgIpc) is 3.31. The molecule has 0 spiro atoms. The molecule has 0 radical (unpaired) electrons. The van der Waals surface area contributed by atoms with Gasteiger partial charge in [0.05, 0.1) is 46.9 Å². The first-order valence-corrected chi connectivity index (χ1v) is 10.3. The minimum atomic E-state index is -4.41. The zero-order chi connectivity index (χ0) is 23.8. The van der Waals surface area contributed by atoms with E-state index in [-0.39, 0.29) is 25.6 Å². The molecule has 0 fully saturated rings. The monoisotopic (exact) mass is 457 g/mol. The summed E-state index contributed by atoms with van der Waals surface area (Å²) in [5.41, 5.74) is 2.72. The first-order chi connectivity index (χ1) is 15.7. The second kappa shape index (κ2) is 8.70. The number of aliphatic hydroxyl groups is 1. The largest absolute Gasteiger partial charge is 0.416 e. The number of hydrogen-bond donors (Lipinski definition) is 2. The van der Waals surface area contributed by atoms with E-state index in [1.165, 1.54) is 6.07 Å². The van der Waals surface area contributed by atoms with Crippen LogP contribution in [0.15, 0.2) is 48.7 Å². The molecule has 0 aliphatic rings. The molecular weight excluding hydrogens is 435 g/mol. The summed E-state index contributed by atoms with van der Waals surface area (Å²) in [6.07, 6.45) is -2.65. The first-order valence-electron chi connectivity index (χ1n) is 10.3. The van der Waals surface area contributed by atoms with Crippen molar-refractivity contribution in [2.24, 2.45) is 0 Å². The van der Waals surface area contributed by atoms with E-state index in [0.29, 0.717) is 33.7 Å². The lowest BCUT2D eigenvalue weighted by Crippen LogP contribution is -2.27. The first kappa shape index (κ1) is 22.5. The van der Waals surface area contributed by atoms with Gasteiger partial charge in [0, 0.05) is 18.1 Å². The highest BCUT2D eigenvalue weighted by Gasteiger charge is 2.30. The van der Waals surface area contributed by atoms with Gasteiger partial charge >= 0.3 is 6.18 Å². The summed E-state index contributed by atoms with van der Waals surface area (Å²) in [7, 11) is 0. The number of carbonyl (C=O) groups is 1. The number of fused-ring (bicyclic) bond motifs is 1. The number of halogens is 3. The Kier molecular flexibility index (Phi) is 5.94. The number of rotatable bonds is 6. The molecule has 7 nitrogen and oxygen atoms in total. The minimum absolute atomic E-state index is 0.140. The summed E-state index contributed by atoms with van der Waals surface area (Å²) in [5.74, 6) is -0.322. The minimum Gasteiger partial charge on any atom is -0.395 e. The van der Waals surface area contributed by atoms with Gasteiger partial charge in [0.15, 0.2) is 0 Å². The fraction of sp³-hybridized carbons (Fsp3) is 0.261. The summed E-state index contributed by atoms with van der Waals surface area (Å²) < 4.78 is 42.4. The van der Waals surface area contributed by atoms with Crippen molar-refractivity contribution in [3.63, 3.8) is 0 Å². The van der Waals surface area contributed by atoms with E-state index >= 15 is 0 Å². The smallest absolute Gasteiger partial charge is 0.395 e. The van der Waals surface area contributed by atoms with Crippen molar-refractivity contribution in [2.75, 3.05) is 13.2 Å². The number of aryl methyl sites for hydroxylation is 1. The molecule has 4 rings (SSSR count). The van der Waals surface area contributed by atoms with Crippen LogP contribution in [-0.4, -0.2) is 43.7 Å². The Morgan fingerprint density at radius 1 is 1.12 bits per heavy atom. The molecule has 0 aliphatic heterocycles. The molecule has 2 heterocycles. The van der Waals surface area contributed by atoms with Crippen LogP contribution in [0.4, 0.5) is 13.2 Å². The number of nitrogens with zero attached hydrogens (tertiary/aromatic N) is 4. The van der Waals surface area contributed by atoms with Crippen LogP contribution in [0.2, 0.25) is 0 Å². The molecule has 1 amide bonds. The number of alkyl halides is 3. The van der Waals surface area contributed by atoms with Crippen LogP contribution in [0.3, 0.4) is 0 Å². The van der Waals surface area contributed by atoms with E-state index in [1.54, 1.807) is 41.5 Å². The Labute approximate surface area is 187 Å². The van der Waals surface area contributed by atoms with E-state index < -0.39 is 11.7 Å². The molecule has 172 valence electrons. The number of carbonyl (C=O) groups excluding carboxylic acids is 1. The average molecular weight is 457 g/mol. The molecule has 0 unspecified atom stereocenters. The van der Waals surface area contributed by atoms with Crippen LogP contribution in [0.1, 0.15) is 32.9 Å². The highest BCUT2D eigenvalue weighted by atomic mass is 19.4. The summed E-state index contributed by atoms with van der Waals surface area (Å²) in [5, 5.41) is 21.4. The standard InChI is InChI=1S/C23H22F3N5O2/c1-14-21(22(33)27-9-10-32)15(2)31(28-14)20-8-4-7-19-18(20)13-30(29-19)12-16-5-3-6-17(11-16)23(24,25)26/h3-8,11,13,32H,9-10,12H2,1-2H3,(H,27,33). The molecule has 2 aromatic heterocycles. The molecule has 0 bridgehead atoms. The van der Waals surface area contributed by atoms with Gasteiger partial charge in [-0.3, -0.25) is 9.48 Å². The summed E-state index contributed by atoms with van der Waals surface area (Å²) in [6.45, 7) is 3.65. The molecule has 0 saturated carbocycles. The van der Waals surface area contributed by atoms with Crippen LogP contribution in [0.5, 0.6) is 0 Å². The zero-order valence-corrected chi connectivity index (χ0v) is 18.0. The van der Waals surface area contributed by atoms with Crippen LogP contribution < -0.4 is 5.32 Å². The van der Waals surface area contributed by atoms with Crippen LogP contribution in [0.25, 0.3) is 16.6 Å². The van der Waals surface area contributed by atoms with E-state index in [0.717, 1.165) is 17.5 Å². The Morgan fingerprint density at radius 3 is 2.61 bits per heavy atom. The molecule has 4 aromatic rings. The number of aromatic nitrogens is 4. The van der Waals surface area contributed by atoms with Gasteiger partial charge in [0.1, 0.15) is 0 Å². The number of hydrogen-bond acceptors (Lipinski definition) is 4. The SMILES string of the molecule is Cc1nn(-c2cccc3nn(Cc4cccc(C(F)(F)F)c4)cc23)c(C)c1C(=O)NCCO. The van der Waals surface area contributed by atoms with Crippen LogP contribution >= 0.6 is 0 Å². The summed E-state index contributed by atoms with van der Waals surface area (Å²) in [6, 6.07) is 10.6. The lowest BCUT2D eigenvalue weighted by atomic mass is 10.1. The van der Waals surface area contributed by atoms with Gasteiger partial charge < -0.3 is 10.4 Å². The van der Waals surface area contributed by atoms with E-state index in [2.05, 4.69) is 15.5 Å². The predicted octanol–water partition coefficient (Wildman–Crippen LogP) is 3.63. The third-order valence-corrected chi connectivity index (χ3v) is 5.32. The fourth-order valence-corrected chi connectivity index (χ4v) is 3.84. The fourth-order valence-electron chi connectivity index (χ4n) is 3.84. The van der Waals surface area contributed by atoms with E-state index in [9.17, 15) is 18.0 Å². The Morgan fingerprint density at radius 2 is 1.88 bits per heavy atom. The van der Waals surface area contributed by atoms with Gasteiger partial charge in [-0.15, -0.1) is 0 Å². The van der Waals surface area contributed by atoms with Crippen molar-refractivity contribution in [1.29, 1.82) is 0 Å². The predicted molar refractivity (Wildman–Crippen MR) is 116 cm³/mol. The van der Waals surface area contributed by atoms with E-state index in [4.69, 9.17) is 5.11 Å². The van der Waals surface area contributed by atoms with Crippen LogP contribution in [-0.2, 0) is 12.7 Å². The third-order valence-electron chi connectivity index (χ3n) is 5.32. The zero-order valence-electron chi connectivity index (χ0n) is 18.0. The molecule has 2 N–H and O–H groups in total. The molecular formula is C23H22F3N5O2. The number of benzene rings is 2. The molecule has 0 aliphatic carbocycles. The van der Waals surface area contributed by atoms with Gasteiger partial charge in [-0.05, 0) is 43.7 Å². The maximum absolute atomic E-state index is 13.0. The molecule has 0 saturated heterocycles. The van der Waals surface area contributed by atoms with Crippen molar-refractivity contribution in [3.8, 4) is 5.69 Å². The Balaban J connectivity index is 1.70. The molecule has 0 atom stereocenters. The van der Waals surface area contributed by atoms with Crippen molar-refractivity contribution >= 4 is 16.8 Å². The Bertz CT molecular complexity index is 1320. The van der Waals surface area contributed by atoms with E-state index in [1.807, 2.05) is 12.1 Å². The maximum atomic E-state index is 13.0. The van der Waals surface area contributed by atoms with Gasteiger partial charge in [-0.25, -0.2) is 4.68 Å². The van der Waals surface area contributed by atoms with Crippen molar-refractivity contribution in [3.05, 3.63) is 76.7 Å². The van der Waals surface area contributed by atoms with Crippen molar-refractivity contribution < 1.29 is 23.1 Å². The molecule has 2 aromatic carbocycles. The highest BCUT2D eigenvalue weighted by Crippen LogP contribution is 2.30. The number of aliphatic hydroxyl groups excluding tert-OH is 1. The normalized spacial score (nSPS) is 11.8. The van der Waals surface area contributed by atoms with Gasteiger partial charge in [-0.2, -0.15) is 23.4 Å². The quantitative estimate of drug-likeness (QED) is 0.463. The van der Waals surface area contributed by atoms with Gasteiger partial charge in [0.25, 0.3) is 5.91 Å². The summed E-state index contributed by atoms with van der Waals surface area (Å²) >= 11 is 0. The molecule has 10 heteroatoms. The van der Waals surface area contributed by atoms with Gasteiger partial charge in [0.2, 0.25) is 0 Å². The van der Waals surface area contributed by atoms with Crippen molar-refractivity contribution in [2.45, 2.75) is 26.6 Å². The highest BCUT2D eigenvalue weighted by molar-refractivity contribution is 5.97. The van der Waals surface area contributed by atoms with Gasteiger partial charge in [-0.1, -0.05) is 18.2 Å². The number of amides is 1. The third kappa shape index (κ3) is 4.47. The maximum Gasteiger partial charge on any atom is 0.416 e. The second-order valence-electron chi connectivity index (χ2n) is 7.67. The lowest BCUT2D eigenvalue weighted by molar-refractivity contribution is -0.137.